The standard InChI is InChI=1S/C20H17F3O3/c1-13-6-8-16(10-14(13)2)18(24)12-26-19(25)9-7-15-4-3-5-17(11-15)20(21,22)23/h3-11H,12H2,1-2H3/b9-7+. The molecule has 0 aliphatic carbocycles. The quantitative estimate of drug-likeness (QED) is 0.437. The maximum Gasteiger partial charge on any atom is 0.416 e. The fourth-order valence-electron chi connectivity index (χ4n) is 2.17. The van der Waals surface area contributed by atoms with Crippen molar-refractivity contribution in [1.82, 2.24) is 0 Å². The molecule has 0 fully saturated rings. The Balaban J connectivity index is 1.95. The maximum absolute atomic E-state index is 12.6. The third-order valence-corrected chi connectivity index (χ3v) is 3.80. The summed E-state index contributed by atoms with van der Waals surface area (Å²) in [5.41, 5.74) is 1.83. The summed E-state index contributed by atoms with van der Waals surface area (Å²) in [5.74, 6) is -1.16. The number of hydrogen-bond acceptors (Lipinski definition) is 3. The summed E-state index contributed by atoms with van der Waals surface area (Å²) in [7, 11) is 0. The Bertz CT molecular complexity index is 852. The molecule has 0 aliphatic rings. The van der Waals surface area contributed by atoms with Crippen LogP contribution in [0.4, 0.5) is 13.2 Å². The zero-order valence-electron chi connectivity index (χ0n) is 14.3. The number of ketones is 1. The number of Topliss-reactive ketones (excluding diaryl/α,β-unsaturated/α-hetero) is 1. The van der Waals surface area contributed by atoms with Crippen LogP contribution in [0.3, 0.4) is 0 Å². The van der Waals surface area contributed by atoms with E-state index >= 15 is 0 Å². The summed E-state index contributed by atoms with van der Waals surface area (Å²) in [6, 6.07) is 9.71. The van der Waals surface area contributed by atoms with Gasteiger partial charge in [0.05, 0.1) is 5.56 Å². The van der Waals surface area contributed by atoms with Gasteiger partial charge in [0, 0.05) is 11.6 Å². The molecular weight excluding hydrogens is 345 g/mol. The minimum atomic E-state index is -4.46. The number of carbonyl (C=O) groups excluding carboxylic acids is 2. The number of hydrogen-bond donors (Lipinski definition) is 0. The van der Waals surface area contributed by atoms with E-state index in [1.807, 2.05) is 13.8 Å². The van der Waals surface area contributed by atoms with Gasteiger partial charge in [0.25, 0.3) is 0 Å². The van der Waals surface area contributed by atoms with Gasteiger partial charge >= 0.3 is 12.1 Å². The lowest BCUT2D eigenvalue weighted by molar-refractivity contribution is -0.138. The Morgan fingerprint density at radius 1 is 1.04 bits per heavy atom. The van der Waals surface area contributed by atoms with Gasteiger partial charge in [-0.3, -0.25) is 4.79 Å². The fraction of sp³-hybridized carbons (Fsp3) is 0.200. The second-order valence-electron chi connectivity index (χ2n) is 5.79. The summed E-state index contributed by atoms with van der Waals surface area (Å²) in [6.07, 6.45) is -2.26. The van der Waals surface area contributed by atoms with Crippen LogP contribution in [0.25, 0.3) is 6.08 Å². The Kier molecular flexibility index (Phi) is 5.97. The molecule has 6 heteroatoms. The SMILES string of the molecule is Cc1ccc(C(=O)COC(=O)/C=C/c2cccc(C(F)(F)F)c2)cc1C. The first-order valence-electron chi connectivity index (χ1n) is 7.79. The number of halogens is 3. The third kappa shape index (κ3) is 5.31. The van der Waals surface area contributed by atoms with Crippen molar-refractivity contribution in [2.45, 2.75) is 20.0 Å². The van der Waals surface area contributed by atoms with Crippen LogP contribution in [0, 0.1) is 13.8 Å². The Morgan fingerprint density at radius 2 is 1.77 bits per heavy atom. The van der Waals surface area contributed by atoms with Crippen molar-refractivity contribution in [3.63, 3.8) is 0 Å². The van der Waals surface area contributed by atoms with Crippen LogP contribution in [0.15, 0.2) is 48.5 Å². The number of aryl methyl sites for hydroxylation is 2. The summed E-state index contributed by atoms with van der Waals surface area (Å²) in [5, 5.41) is 0. The molecule has 0 amide bonds. The van der Waals surface area contributed by atoms with Crippen molar-refractivity contribution < 1.29 is 27.5 Å². The predicted octanol–water partition coefficient (Wildman–Crippen LogP) is 4.76. The Morgan fingerprint density at radius 3 is 2.42 bits per heavy atom. The highest BCUT2D eigenvalue weighted by molar-refractivity contribution is 5.99. The van der Waals surface area contributed by atoms with Crippen molar-refractivity contribution >= 4 is 17.8 Å². The van der Waals surface area contributed by atoms with E-state index in [1.165, 1.54) is 18.2 Å². The van der Waals surface area contributed by atoms with Crippen LogP contribution in [0.2, 0.25) is 0 Å². The van der Waals surface area contributed by atoms with Gasteiger partial charge < -0.3 is 4.74 Å². The molecule has 0 spiro atoms. The van der Waals surface area contributed by atoms with Gasteiger partial charge in [-0.05, 0) is 54.8 Å². The number of rotatable bonds is 5. The summed E-state index contributed by atoms with van der Waals surface area (Å²) in [4.78, 5) is 23.7. The van der Waals surface area contributed by atoms with E-state index in [-0.39, 0.29) is 11.3 Å². The molecular formula is C20H17F3O3. The van der Waals surface area contributed by atoms with Crippen LogP contribution in [0.1, 0.15) is 32.6 Å². The minimum Gasteiger partial charge on any atom is -0.454 e. The molecule has 0 aliphatic heterocycles. The van der Waals surface area contributed by atoms with Gasteiger partial charge in [0.1, 0.15) is 0 Å². The highest BCUT2D eigenvalue weighted by Crippen LogP contribution is 2.29. The predicted molar refractivity (Wildman–Crippen MR) is 91.7 cm³/mol. The average Bonchev–Trinajstić information content (AvgIpc) is 2.59. The Hall–Kier alpha value is -2.89. The number of esters is 1. The van der Waals surface area contributed by atoms with Gasteiger partial charge in [-0.2, -0.15) is 13.2 Å². The molecule has 0 aromatic heterocycles. The van der Waals surface area contributed by atoms with E-state index in [4.69, 9.17) is 4.74 Å². The van der Waals surface area contributed by atoms with Crippen LogP contribution in [-0.2, 0) is 15.7 Å². The second kappa shape index (κ2) is 7.99. The van der Waals surface area contributed by atoms with E-state index in [1.54, 1.807) is 18.2 Å². The smallest absolute Gasteiger partial charge is 0.416 e. The lowest BCUT2D eigenvalue weighted by atomic mass is 10.0. The molecule has 0 heterocycles. The summed E-state index contributed by atoms with van der Waals surface area (Å²) in [6.45, 7) is 3.35. The van der Waals surface area contributed by atoms with Crippen LogP contribution in [-0.4, -0.2) is 18.4 Å². The van der Waals surface area contributed by atoms with Crippen molar-refractivity contribution in [3.8, 4) is 0 Å². The molecule has 2 aromatic rings. The highest BCUT2D eigenvalue weighted by atomic mass is 19.4. The van der Waals surface area contributed by atoms with Gasteiger partial charge in [-0.15, -0.1) is 0 Å². The van der Waals surface area contributed by atoms with Gasteiger partial charge in [0.15, 0.2) is 12.4 Å². The lowest BCUT2D eigenvalue weighted by Crippen LogP contribution is -2.12. The van der Waals surface area contributed by atoms with Gasteiger partial charge in [-0.25, -0.2) is 4.79 Å². The molecule has 3 nitrogen and oxygen atoms in total. The largest absolute Gasteiger partial charge is 0.454 e. The van der Waals surface area contributed by atoms with E-state index in [2.05, 4.69) is 0 Å². The van der Waals surface area contributed by atoms with Crippen molar-refractivity contribution in [3.05, 3.63) is 76.4 Å². The van der Waals surface area contributed by atoms with Crippen LogP contribution in [0.5, 0.6) is 0 Å². The lowest BCUT2D eigenvalue weighted by Gasteiger charge is -2.06. The van der Waals surface area contributed by atoms with Crippen LogP contribution >= 0.6 is 0 Å². The number of alkyl halides is 3. The van der Waals surface area contributed by atoms with Crippen LogP contribution < -0.4 is 0 Å². The molecule has 0 atom stereocenters. The van der Waals surface area contributed by atoms with Crippen molar-refractivity contribution in [2.75, 3.05) is 6.61 Å². The van der Waals surface area contributed by atoms with Gasteiger partial charge in [-0.1, -0.05) is 24.3 Å². The third-order valence-electron chi connectivity index (χ3n) is 3.80. The molecule has 136 valence electrons. The zero-order chi connectivity index (χ0) is 19.3. The molecule has 0 N–H and O–H groups in total. The molecule has 0 saturated carbocycles. The molecule has 0 bridgehead atoms. The average molecular weight is 362 g/mol. The highest BCUT2D eigenvalue weighted by Gasteiger charge is 2.30. The zero-order valence-corrected chi connectivity index (χ0v) is 14.3. The van der Waals surface area contributed by atoms with Crippen molar-refractivity contribution in [2.24, 2.45) is 0 Å². The monoisotopic (exact) mass is 362 g/mol. The Labute approximate surface area is 149 Å². The molecule has 0 saturated heterocycles. The van der Waals surface area contributed by atoms with Gasteiger partial charge in [0.2, 0.25) is 0 Å². The molecule has 0 unspecified atom stereocenters. The van der Waals surface area contributed by atoms with E-state index in [0.717, 1.165) is 29.3 Å². The fourth-order valence-corrected chi connectivity index (χ4v) is 2.17. The van der Waals surface area contributed by atoms with E-state index in [9.17, 15) is 22.8 Å². The second-order valence-corrected chi connectivity index (χ2v) is 5.79. The first-order valence-corrected chi connectivity index (χ1v) is 7.79. The molecule has 2 aromatic carbocycles. The first kappa shape index (κ1) is 19.4. The number of ether oxygens (including phenoxy) is 1. The molecule has 0 radical (unpaired) electrons. The molecule has 2 rings (SSSR count). The minimum absolute atomic E-state index is 0.206. The topological polar surface area (TPSA) is 43.4 Å². The summed E-state index contributed by atoms with van der Waals surface area (Å²) < 4.78 is 42.8. The molecule has 26 heavy (non-hydrogen) atoms. The van der Waals surface area contributed by atoms with Crippen molar-refractivity contribution in [1.29, 1.82) is 0 Å². The van der Waals surface area contributed by atoms with E-state index in [0.29, 0.717) is 5.56 Å². The number of carbonyl (C=O) groups is 2. The normalized spacial score (nSPS) is 11.6. The number of benzene rings is 2. The first-order chi connectivity index (χ1) is 12.2. The van der Waals surface area contributed by atoms with E-state index < -0.39 is 24.3 Å². The summed E-state index contributed by atoms with van der Waals surface area (Å²) >= 11 is 0. The maximum atomic E-state index is 12.6.